The second-order valence-corrected chi connectivity index (χ2v) is 9.65. The minimum Gasteiger partial charge on any atom is -0.494 e. The van der Waals surface area contributed by atoms with Crippen molar-refractivity contribution in [2.75, 3.05) is 24.5 Å². The third-order valence-electron chi connectivity index (χ3n) is 6.31. The van der Waals surface area contributed by atoms with Crippen molar-refractivity contribution < 1.29 is 27.4 Å². The fourth-order valence-corrected chi connectivity index (χ4v) is 4.08. The number of amides is 1. The SMILES string of the molecule is CNN(/C=C(\N)c1cnn(C)c1C)c1cc(C(=O)Nc2cc(OC(F)(F)F)cc(CNC(C)C)c2OC)ccc1C. The van der Waals surface area contributed by atoms with Crippen molar-refractivity contribution in [2.45, 2.75) is 46.6 Å². The average molecular weight is 576 g/mol. The molecular formula is C28H36F3N7O3. The van der Waals surface area contributed by atoms with Gasteiger partial charge in [-0.2, -0.15) is 5.10 Å². The quantitative estimate of drug-likeness (QED) is 0.245. The number of hydrazine groups is 1. The number of aryl methyl sites for hydroxylation is 2. The summed E-state index contributed by atoms with van der Waals surface area (Å²) in [5.41, 5.74) is 13.6. The van der Waals surface area contributed by atoms with Gasteiger partial charge in [0.15, 0.2) is 0 Å². The molecule has 0 unspecified atom stereocenters. The maximum absolute atomic E-state index is 13.4. The largest absolute Gasteiger partial charge is 0.573 e. The first-order valence-electron chi connectivity index (χ1n) is 12.8. The molecular weight excluding hydrogens is 539 g/mol. The summed E-state index contributed by atoms with van der Waals surface area (Å²) in [7, 11) is 4.90. The third kappa shape index (κ3) is 7.92. The van der Waals surface area contributed by atoms with Crippen LogP contribution in [0.25, 0.3) is 5.70 Å². The molecule has 0 aliphatic carbocycles. The van der Waals surface area contributed by atoms with Crippen LogP contribution in [0.15, 0.2) is 42.7 Å². The molecule has 3 rings (SSSR count). The van der Waals surface area contributed by atoms with Crippen molar-refractivity contribution >= 4 is 23.0 Å². The molecule has 0 fully saturated rings. The van der Waals surface area contributed by atoms with Gasteiger partial charge in [-0.3, -0.25) is 14.5 Å². The highest BCUT2D eigenvalue weighted by atomic mass is 19.4. The summed E-state index contributed by atoms with van der Waals surface area (Å²) in [6.45, 7) is 7.76. The molecule has 0 saturated heterocycles. The van der Waals surface area contributed by atoms with E-state index in [2.05, 4.69) is 25.9 Å². The summed E-state index contributed by atoms with van der Waals surface area (Å²) in [5.74, 6) is -0.827. The topological polar surface area (TPSA) is 119 Å². The Labute approximate surface area is 237 Å². The van der Waals surface area contributed by atoms with Crippen molar-refractivity contribution in [2.24, 2.45) is 12.8 Å². The maximum Gasteiger partial charge on any atom is 0.573 e. The van der Waals surface area contributed by atoms with Crippen LogP contribution in [0.4, 0.5) is 24.5 Å². The van der Waals surface area contributed by atoms with E-state index in [9.17, 15) is 18.0 Å². The predicted molar refractivity (Wildman–Crippen MR) is 152 cm³/mol. The van der Waals surface area contributed by atoms with Gasteiger partial charge in [0.1, 0.15) is 11.5 Å². The van der Waals surface area contributed by atoms with Crippen LogP contribution in [0.2, 0.25) is 0 Å². The third-order valence-corrected chi connectivity index (χ3v) is 6.31. The van der Waals surface area contributed by atoms with Crippen LogP contribution >= 0.6 is 0 Å². The van der Waals surface area contributed by atoms with E-state index in [4.69, 9.17) is 10.5 Å². The van der Waals surface area contributed by atoms with E-state index in [1.807, 2.05) is 34.7 Å². The van der Waals surface area contributed by atoms with Gasteiger partial charge in [-0.05, 0) is 37.6 Å². The first-order valence-corrected chi connectivity index (χ1v) is 12.8. The number of nitrogens with one attached hydrogen (secondary N) is 3. The summed E-state index contributed by atoms with van der Waals surface area (Å²) in [6, 6.07) is 7.38. The molecule has 0 spiro atoms. The number of nitrogens with zero attached hydrogens (tertiary/aromatic N) is 3. The van der Waals surface area contributed by atoms with Gasteiger partial charge in [-0.25, -0.2) is 5.43 Å². The number of alkyl halides is 3. The number of carbonyl (C=O) groups is 1. The number of anilines is 2. The van der Waals surface area contributed by atoms with Crippen LogP contribution in [0, 0.1) is 13.8 Å². The lowest BCUT2D eigenvalue weighted by atomic mass is 10.1. The van der Waals surface area contributed by atoms with Crippen molar-refractivity contribution in [1.82, 2.24) is 20.5 Å². The van der Waals surface area contributed by atoms with Gasteiger partial charge in [0, 0.05) is 61.3 Å². The van der Waals surface area contributed by atoms with Gasteiger partial charge in [0.2, 0.25) is 0 Å². The van der Waals surface area contributed by atoms with Gasteiger partial charge in [-0.15, -0.1) is 13.2 Å². The number of hydrogen-bond donors (Lipinski definition) is 4. The summed E-state index contributed by atoms with van der Waals surface area (Å²) in [5, 5.41) is 11.7. The molecule has 222 valence electrons. The lowest BCUT2D eigenvalue weighted by molar-refractivity contribution is -0.274. The molecule has 0 atom stereocenters. The predicted octanol–water partition coefficient (Wildman–Crippen LogP) is 4.59. The fraction of sp³-hybridized carbons (Fsp3) is 0.357. The Hall–Kier alpha value is -4.23. The second kappa shape index (κ2) is 13.0. The second-order valence-electron chi connectivity index (χ2n) is 9.65. The number of carbonyl (C=O) groups excluding carboxylic acids is 1. The highest BCUT2D eigenvalue weighted by Gasteiger charge is 2.32. The van der Waals surface area contributed by atoms with Gasteiger partial charge in [0.05, 0.1) is 30.4 Å². The summed E-state index contributed by atoms with van der Waals surface area (Å²) in [6.07, 6.45) is -1.56. The zero-order valence-electron chi connectivity index (χ0n) is 24.1. The molecule has 5 N–H and O–H groups in total. The number of benzene rings is 2. The van der Waals surface area contributed by atoms with E-state index < -0.39 is 18.0 Å². The molecule has 3 aromatic rings. The van der Waals surface area contributed by atoms with Crippen LogP contribution in [-0.2, 0) is 13.6 Å². The van der Waals surface area contributed by atoms with E-state index in [-0.39, 0.29) is 29.6 Å². The smallest absolute Gasteiger partial charge is 0.494 e. The number of methoxy groups -OCH3 is 1. The molecule has 2 aromatic carbocycles. The Kier molecular flexibility index (Phi) is 9.89. The van der Waals surface area contributed by atoms with E-state index in [0.717, 1.165) is 22.9 Å². The van der Waals surface area contributed by atoms with Crippen molar-refractivity contribution in [1.29, 1.82) is 0 Å². The Morgan fingerprint density at radius 1 is 1.22 bits per heavy atom. The van der Waals surface area contributed by atoms with Gasteiger partial charge < -0.3 is 25.8 Å². The lowest BCUT2D eigenvalue weighted by Crippen LogP contribution is -2.31. The number of halogens is 3. The fourth-order valence-electron chi connectivity index (χ4n) is 4.08. The lowest BCUT2D eigenvalue weighted by Gasteiger charge is -2.23. The minimum absolute atomic E-state index is 0.0311. The van der Waals surface area contributed by atoms with Gasteiger partial charge >= 0.3 is 6.36 Å². The minimum atomic E-state index is -4.91. The molecule has 1 heterocycles. The molecule has 0 bridgehead atoms. The summed E-state index contributed by atoms with van der Waals surface area (Å²) < 4.78 is 50.5. The highest BCUT2D eigenvalue weighted by Crippen LogP contribution is 2.36. The summed E-state index contributed by atoms with van der Waals surface area (Å²) in [4.78, 5) is 13.4. The molecule has 10 nitrogen and oxygen atoms in total. The number of rotatable bonds is 11. The van der Waals surface area contributed by atoms with E-state index in [1.54, 1.807) is 47.3 Å². The highest BCUT2D eigenvalue weighted by molar-refractivity contribution is 6.06. The Morgan fingerprint density at radius 3 is 2.49 bits per heavy atom. The van der Waals surface area contributed by atoms with E-state index >= 15 is 0 Å². The first kappa shape index (κ1) is 31.3. The Morgan fingerprint density at radius 2 is 1.93 bits per heavy atom. The van der Waals surface area contributed by atoms with Crippen molar-refractivity contribution in [3.63, 3.8) is 0 Å². The van der Waals surface area contributed by atoms with Crippen LogP contribution < -0.4 is 36.3 Å². The molecule has 41 heavy (non-hydrogen) atoms. The van der Waals surface area contributed by atoms with Gasteiger partial charge in [-0.1, -0.05) is 19.9 Å². The number of nitrogens with two attached hydrogens (primary N) is 1. The first-order chi connectivity index (χ1) is 19.2. The van der Waals surface area contributed by atoms with Crippen LogP contribution in [0.3, 0.4) is 0 Å². The van der Waals surface area contributed by atoms with Crippen molar-refractivity contribution in [3.05, 3.63) is 70.7 Å². The normalized spacial score (nSPS) is 12.0. The van der Waals surface area contributed by atoms with Crippen LogP contribution in [0.5, 0.6) is 11.5 Å². The zero-order valence-corrected chi connectivity index (χ0v) is 24.1. The van der Waals surface area contributed by atoms with Crippen LogP contribution in [-0.4, -0.2) is 42.2 Å². The number of hydrogen-bond acceptors (Lipinski definition) is 8. The Balaban J connectivity index is 1.97. The molecule has 13 heteroatoms. The Bertz CT molecular complexity index is 1420. The number of ether oxygens (including phenoxy) is 2. The maximum atomic E-state index is 13.4. The standard InChI is InChI=1S/C28H36F3N7O3/c1-16(2)34-13-20-10-21(41-28(29,30)31)12-24(26(20)40-7)36-27(39)19-9-8-17(3)25(11-19)38(33-5)15-23(32)22-14-35-37(6)18(22)4/h8-12,14-16,33-34H,13,32H2,1-7H3,(H,36,39)/b23-15-. The monoisotopic (exact) mass is 575 g/mol. The molecule has 0 radical (unpaired) electrons. The molecule has 0 aliphatic heterocycles. The van der Waals surface area contributed by atoms with Gasteiger partial charge in [0.25, 0.3) is 5.91 Å². The van der Waals surface area contributed by atoms with E-state index in [1.165, 1.54) is 13.2 Å². The summed E-state index contributed by atoms with van der Waals surface area (Å²) >= 11 is 0. The van der Waals surface area contributed by atoms with Crippen LogP contribution in [0.1, 0.15) is 46.6 Å². The number of aromatic nitrogens is 2. The zero-order chi connectivity index (χ0) is 30.5. The molecule has 0 aliphatic rings. The molecule has 1 amide bonds. The van der Waals surface area contributed by atoms with Crippen molar-refractivity contribution in [3.8, 4) is 11.5 Å². The molecule has 1 aromatic heterocycles. The molecule has 0 saturated carbocycles. The van der Waals surface area contributed by atoms with E-state index in [0.29, 0.717) is 16.9 Å². The average Bonchev–Trinajstić information content (AvgIpc) is 3.23.